The summed E-state index contributed by atoms with van der Waals surface area (Å²) in [7, 11) is 0. The minimum absolute atomic E-state index is 0.425. The predicted molar refractivity (Wildman–Crippen MR) is 57.3 cm³/mol. The Hall–Kier alpha value is -0.220. The minimum atomic E-state index is 0.425. The van der Waals surface area contributed by atoms with Crippen LogP contribution in [0, 0.1) is 0 Å². The van der Waals surface area contributed by atoms with Crippen molar-refractivity contribution >= 4 is 23.4 Å². The number of thioether (sulfide) groups is 1. The molecule has 13 heavy (non-hydrogen) atoms. The van der Waals surface area contributed by atoms with Crippen LogP contribution in [0.2, 0.25) is 0 Å². The fraction of sp³-hybridized carbons (Fsp3) is 0.750. The van der Waals surface area contributed by atoms with Crippen LogP contribution in [0.25, 0.3) is 0 Å². The summed E-state index contributed by atoms with van der Waals surface area (Å²) in [6.07, 6.45) is 1.75. The first-order chi connectivity index (χ1) is 6.29. The van der Waals surface area contributed by atoms with E-state index < -0.39 is 0 Å². The molecule has 1 rings (SSSR count). The van der Waals surface area contributed by atoms with E-state index in [0.29, 0.717) is 11.9 Å². The Labute approximate surface area is 87.9 Å². The Kier molecular flexibility index (Phi) is 4.59. The second kappa shape index (κ2) is 5.50. The van der Waals surface area contributed by atoms with Crippen LogP contribution in [0.4, 0.5) is 0 Å². The quantitative estimate of drug-likeness (QED) is 0.713. The third-order valence-corrected chi connectivity index (χ3v) is 3.17. The van der Waals surface area contributed by atoms with Gasteiger partial charge in [-0.3, -0.25) is 0 Å². The number of hydrogen-bond acceptors (Lipinski definition) is 3. The number of alkyl halides is 1. The zero-order chi connectivity index (χ0) is 9.68. The van der Waals surface area contributed by atoms with Crippen LogP contribution in [0.1, 0.15) is 25.7 Å². The SMILES string of the molecule is CCSCC(C)n1cnnc1CCl. The molecule has 0 aliphatic carbocycles. The summed E-state index contributed by atoms with van der Waals surface area (Å²) >= 11 is 7.64. The van der Waals surface area contributed by atoms with Gasteiger partial charge < -0.3 is 4.57 Å². The molecule has 0 radical (unpaired) electrons. The lowest BCUT2D eigenvalue weighted by Gasteiger charge is -2.13. The maximum Gasteiger partial charge on any atom is 0.148 e. The van der Waals surface area contributed by atoms with E-state index in [1.807, 2.05) is 16.3 Å². The topological polar surface area (TPSA) is 30.7 Å². The van der Waals surface area contributed by atoms with Crippen molar-refractivity contribution in [3.05, 3.63) is 12.2 Å². The highest BCUT2D eigenvalue weighted by atomic mass is 35.5. The molecule has 1 aromatic rings. The fourth-order valence-corrected chi connectivity index (χ4v) is 2.03. The summed E-state index contributed by atoms with van der Waals surface area (Å²) in [5, 5.41) is 7.78. The van der Waals surface area contributed by atoms with Crippen molar-refractivity contribution in [3.8, 4) is 0 Å². The lowest BCUT2D eigenvalue weighted by atomic mass is 10.4. The van der Waals surface area contributed by atoms with Gasteiger partial charge >= 0.3 is 0 Å². The highest BCUT2D eigenvalue weighted by Gasteiger charge is 2.09. The zero-order valence-corrected chi connectivity index (χ0v) is 9.48. The Morgan fingerprint density at radius 1 is 1.69 bits per heavy atom. The molecule has 0 aliphatic heterocycles. The maximum atomic E-state index is 5.72. The second-order valence-electron chi connectivity index (χ2n) is 2.80. The molecule has 0 amide bonds. The van der Waals surface area contributed by atoms with Gasteiger partial charge in [-0.2, -0.15) is 11.8 Å². The lowest BCUT2D eigenvalue weighted by molar-refractivity contribution is 0.587. The van der Waals surface area contributed by atoms with Gasteiger partial charge in [0.1, 0.15) is 12.2 Å². The molecule has 1 heterocycles. The second-order valence-corrected chi connectivity index (χ2v) is 4.38. The van der Waals surface area contributed by atoms with Gasteiger partial charge in [0, 0.05) is 11.8 Å². The van der Waals surface area contributed by atoms with Crippen molar-refractivity contribution in [2.75, 3.05) is 11.5 Å². The Morgan fingerprint density at radius 2 is 2.46 bits per heavy atom. The van der Waals surface area contributed by atoms with Crippen LogP contribution in [-0.2, 0) is 5.88 Å². The molecular formula is C8H14ClN3S. The van der Waals surface area contributed by atoms with Crippen LogP contribution in [0.5, 0.6) is 0 Å². The molecule has 0 N–H and O–H groups in total. The normalized spacial score (nSPS) is 13.2. The highest BCUT2D eigenvalue weighted by Crippen LogP contribution is 2.15. The van der Waals surface area contributed by atoms with Crippen molar-refractivity contribution in [3.63, 3.8) is 0 Å². The number of nitrogens with zero attached hydrogens (tertiary/aromatic N) is 3. The van der Waals surface area contributed by atoms with Crippen molar-refractivity contribution in [2.24, 2.45) is 0 Å². The van der Waals surface area contributed by atoms with E-state index in [-0.39, 0.29) is 0 Å². The largest absolute Gasteiger partial charge is 0.313 e. The molecular weight excluding hydrogens is 206 g/mol. The first kappa shape index (κ1) is 10.9. The van der Waals surface area contributed by atoms with Gasteiger partial charge in [0.25, 0.3) is 0 Å². The molecule has 74 valence electrons. The van der Waals surface area contributed by atoms with Crippen LogP contribution < -0.4 is 0 Å². The van der Waals surface area contributed by atoms with E-state index in [1.54, 1.807) is 6.33 Å². The number of aromatic nitrogens is 3. The fourth-order valence-electron chi connectivity index (χ4n) is 1.10. The van der Waals surface area contributed by atoms with E-state index in [0.717, 1.165) is 17.3 Å². The van der Waals surface area contributed by atoms with E-state index in [1.165, 1.54) is 0 Å². The molecule has 3 nitrogen and oxygen atoms in total. The summed E-state index contributed by atoms with van der Waals surface area (Å²) in [5.41, 5.74) is 0. The lowest BCUT2D eigenvalue weighted by Crippen LogP contribution is -2.09. The number of rotatable bonds is 5. The standard InChI is InChI=1S/C8H14ClN3S/c1-3-13-5-7(2)12-6-10-11-8(12)4-9/h6-7H,3-5H2,1-2H3. The van der Waals surface area contributed by atoms with E-state index in [9.17, 15) is 0 Å². The molecule has 0 aliphatic rings. The van der Waals surface area contributed by atoms with Crippen LogP contribution >= 0.6 is 23.4 Å². The minimum Gasteiger partial charge on any atom is -0.313 e. The van der Waals surface area contributed by atoms with Crippen molar-refractivity contribution in [1.29, 1.82) is 0 Å². The van der Waals surface area contributed by atoms with Gasteiger partial charge in [0.05, 0.1) is 5.88 Å². The van der Waals surface area contributed by atoms with Gasteiger partial charge in [0.15, 0.2) is 0 Å². The summed E-state index contributed by atoms with van der Waals surface area (Å²) in [6.45, 7) is 4.31. The van der Waals surface area contributed by atoms with Crippen molar-refractivity contribution in [2.45, 2.75) is 25.8 Å². The predicted octanol–water partition coefficient (Wildman–Crippen LogP) is 2.33. The third-order valence-electron chi connectivity index (χ3n) is 1.80. The average Bonchev–Trinajstić information content (AvgIpc) is 2.61. The van der Waals surface area contributed by atoms with Gasteiger partial charge in [-0.15, -0.1) is 21.8 Å². The Morgan fingerprint density at radius 3 is 3.08 bits per heavy atom. The molecule has 1 unspecified atom stereocenters. The maximum absolute atomic E-state index is 5.72. The van der Waals surface area contributed by atoms with E-state index in [2.05, 4.69) is 24.0 Å². The molecule has 0 spiro atoms. The monoisotopic (exact) mass is 219 g/mol. The Bertz CT molecular complexity index is 251. The number of halogens is 1. The molecule has 0 bridgehead atoms. The van der Waals surface area contributed by atoms with Gasteiger partial charge in [-0.25, -0.2) is 0 Å². The van der Waals surface area contributed by atoms with Crippen LogP contribution in [0.3, 0.4) is 0 Å². The molecule has 0 fully saturated rings. The third kappa shape index (κ3) is 2.88. The van der Waals surface area contributed by atoms with Crippen LogP contribution in [0.15, 0.2) is 6.33 Å². The first-order valence-corrected chi connectivity index (χ1v) is 6.00. The van der Waals surface area contributed by atoms with Gasteiger partial charge in [-0.05, 0) is 12.7 Å². The summed E-state index contributed by atoms with van der Waals surface area (Å²) in [6, 6.07) is 0.425. The molecule has 1 atom stereocenters. The molecule has 0 aromatic carbocycles. The highest BCUT2D eigenvalue weighted by molar-refractivity contribution is 7.99. The average molecular weight is 220 g/mol. The number of hydrogen-bond donors (Lipinski definition) is 0. The van der Waals surface area contributed by atoms with Crippen LogP contribution in [-0.4, -0.2) is 26.3 Å². The Balaban J connectivity index is 2.59. The molecule has 1 aromatic heterocycles. The summed E-state index contributed by atoms with van der Waals surface area (Å²) in [4.78, 5) is 0. The van der Waals surface area contributed by atoms with Crippen molar-refractivity contribution < 1.29 is 0 Å². The zero-order valence-electron chi connectivity index (χ0n) is 7.90. The van der Waals surface area contributed by atoms with Gasteiger partial charge in [0.2, 0.25) is 0 Å². The van der Waals surface area contributed by atoms with Gasteiger partial charge in [-0.1, -0.05) is 6.92 Å². The van der Waals surface area contributed by atoms with E-state index in [4.69, 9.17) is 11.6 Å². The molecule has 0 saturated carbocycles. The summed E-state index contributed by atoms with van der Waals surface area (Å²) < 4.78 is 2.04. The smallest absolute Gasteiger partial charge is 0.148 e. The summed E-state index contributed by atoms with van der Waals surface area (Å²) in [5.74, 6) is 3.51. The molecule has 0 saturated heterocycles. The molecule has 5 heteroatoms. The van der Waals surface area contributed by atoms with Crippen molar-refractivity contribution in [1.82, 2.24) is 14.8 Å². The van der Waals surface area contributed by atoms with E-state index >= 15 is 0 Å². The first-order valence-electron chi connectivity index (χ1n) is 4.31.